The molecule has 0 aliphatic carbocycles. The van der Waals surface area contributed by atoms with Gasteiger partial charge in [-0.2, -0.15) is 9.97 Å². The normalized spacial score (nSPS) is 25.6. The first-order valence-electron chi connectivity index (χ1n) is 10.9. The first kappa shape index (κ1) is 22.8. The van der Waals surface area contributed by atoms with E-state index in [0.29, 0.717) is 43.9 Å². The maximum atomic E-state index is 14.9. The number of H-pyrrole nitrogens is 1. The van der Waals surface area contributed by atoms with E-state index in [1.807, 2.05) is 19.9 Å². The number of likely N-dealkylation sites (tertiary alicyclic amines) is 1. The van der Waals surface area contributed by atoms with Crippen LogP contribution in [0.3, 0.4) is 0 Å². The van der Waals surface area contributed by atoms with E-state index in [1.54, 1.807) is 6.20 Å². The molecule has 2 aromatic rings. The number of fused-ring (bicyclic) bond motifs is 1. The minimum absolute atomic E-state index is 0.175. The Kier molecular flexibility index (Phi) is 7.12. The number of nitrogens with zero attached hydrogens (tertiary/aromatic N) is 3. The van der Waals surface area contributed by atoms with E-state index in [2.05, 4.69) is 30.5 Å². The molecule has 4 rings (SSSR count). The molecule has 4 heterocycles. The van der Waals surface area contributed by atoms with Gasteiger partial charge in [-0.1, -0.05) is 18.5 Å². The van der Waals surface area contributed by atoms with Crippen LogP contribution in [0.25, 0.3) is 11.0 Å². The largest absolute Gasteiger partial charge is 0.477 e. The van der Waals surface area contributed by atoms with Crippen LogP contribution in [0.15, 0.2) is 23.1 Å². The quantitative estimate of drug-likeness (QED) is 0.350. The number of hydrogen-bond acceptors (Lipinski definition) is 8. The maximum absolute atomic E-state index is 14.9. The lowest BCUT2D eigenvalue weighted by molar-refractivity contribution is -0.0689. The van der Waals surface area contributed by atoms with Crippen molar-refractivity contribution in [1.29, 1.82) is 5.41 Å². The van der Waals surface area contributed by atoms with Crippen LogP contribution < -0.4 is 15.4 Å². The number of aromatic amines is 1. The Morgan fingerprint density at radius 2 is 2.28 bits per heavy atom. The highest BCUT2D eigenvalue weighted by Gasteiger charge is 2.36. The third kappa shape index (κ3) is 4.82. The number of hydrogen-bond donors (Lipinski definition) is 4. The Balaban J connectivity index is 1.50. The highest BCUT2D eigenvalue weighted by Crippen LogP contribution is 2.27. The van der Waals surface area contributed by atoms with Gasteiger partial charge in [0, 0.05) is 37.5 Å². The summed E-state index contributed by atoms with van der Waals surface area (Å²) in [4.78, 5) is 14.0. The highest BCUT2D eigenvalue weighted by atomic mass is 35.5. The van der Waals surface area contributed by atoms with Gasteiger partial charge in [-0.15, -0.1) is 0 Å². The predicted octanol–water partition coefficient (Wildman–Crippen LogP) is 2.86. The molecule has 0 radical (unpaired) electrons. The second kappa shape index (κ2) is 10.0. The Morgan fingerprint density at radius 3 is 2.97 bits per heavy atom. The van der Waals surface area contributed by atoms with Crippen LogP contribution in [-0.4, -0.2) is 77.2 Å². The van der Waals surface area contributed by atoms with Gasteiger partial charge in [0.15, 0.2) is 0 Å². The molecule has 9 nitrogen and oxygen atoms in total. The Morgan fingerprint density at radius 1 is 1.47 bits per heavy atom. The summed E-state index contributed by atoms with van der Waals surface area (Å²) in [5, 5.41) is 15.0. The summed E-state index contributed by atoms with van der Waals surface area (Å²) < 4.78 is 25.8. The van der Waals surface area contributed by atoms with E-state index in [-0.39, 0.29) is 28.8 Å². The van der Waals surface area contributed by atoms with Crippen molar-refractivity contribution in [2.75, 3.05) is 38.2 Å². The smallest absolute Gasteiger partial charge is 0.232 e. The van der Waals surface area contributed by atoms with Crippen molar-refractivity contribution >= 4 is 34.8 Å². The molecule has 32 heavy (non-hydrogen) atoms. The van der Waals surface area contributed by atoms with Gasteiger partial charge in [0.25, 0.3) is 0 Å². The van der Waals surface area contributed by atoms with E-state index < -0.39 is 6.17 Å². The van der Waals surface area contributed by atoms with Crippen molar-refractivity contribution in [3.63, 3.8) is 0 Å². The number of aromatic nitrogens is 3. The molecule has 11 heteroatoms. The topological polar surface area (TPSA) is 111 Å². The second-order valence-electron chi connectivity index (χ2n) is 8.12. The summed E-state index contributed by atoms with van der Waals surface area (Å²) in [6, 6.07) is 1.96. The molecule has 0 saturated carbocycles. The molecule has 3 atom stereocenters. The van der Waals surface area contributed by atoms with Gasteiger partial charge in [-0.25, -0.2) is 4.39 Å². The van der Waals surface area contributed by atoms with Crippen LogP contribution >= 0.6 is 11.6 Å². The van der Waals surface area contributed by atoms with E-state index in [0.717, 1.165) is 24.6 Å². The van der Waals surface area contributed by atoms with Crippen LogP contribution in [0, 0.1) is 11.3 Å². The standard InChI is InChI=1S/C21H29ClFN7O2/c1-3-32-20-14-4-6-25-19(14)28-21(29-20)27-17(8-24)18(22)26-16-5-7-30(13-10-31-11-13)9-15(23)12(16)2/h4,6,8,12-13,15-16,24,26H,3,5,7,9-11H2,1-2H3,(H2,25,27,28,29)/b18-17+,24-8?/t12?,15-,16?/m1/s1. The molecule has 0 spiro atoms. The van der Waals surface area contributed by atoms with Gasteiger partial charge in [0.05, 0.1) is 36.9 Å². The van der Waals surface area contributed by atoms with Crippen molar-refractivity contribution in [3.05, 3.63) is 23.1 Å². The van der Waals surface area contributed by atoms with Crippen molar-refractivity contribution < 1.29 is 13.9 Å². The van der Waals surface area contributed by atoms with Crippen LogP contribution in [0.1, 0.15) is 20.3 Å². The minimum atomic E-state index is -0.983. The molecule has 4 N–H and O–H groups in total. The fraction of sp³-hybridized carbons (Fsp3) is 0.571. The molecule has 2 aliphatic rings. The first-order chi connectivity index (χ1) is 15.5. The molecule has 0 bridgehead atoms. The number of rotatable bonds is 8. The molecule has 0 amide bonds. The first-order valence-corrected chi connectivity index (χ1v) is 11.3. The van der Waals surface area contributed by atoms with Crippen LogP contribution in [0.4, 0.5) is 10.3 Å². The van der Waals surface area contributed by atoms with E-state index in [9.17, 15) is 4.39 Å². The second-order valence-corrected chi connectivity index (χ2v) is 8.50. The van der Waals surface area contributed by atoms with Crippen LogP contribution in [-0.2, 0) is 4.74 Å². The van der Waals surface area contributed by atoms with Gasteiger partial charge in [0.2, 0.25) is 11.8 Å². The lowest BCUT2D eigenvalue weighted by atomic mass is 9.95. The molecule has 2 aromatic heterocycles. The third-order valence-corrected chi connectivity index (χ3v) is 6.39. The molecular weight excluding hydrogens is 437 g/mol. The molecule has 2 aliphatic heterocycles. The lowest BCUT2D eigenvalue weighted by Crippen LogP contribution is -2.50. The summed E-state index contributed by atoms with van der Waals surface area (Å²) in [6.45, 7) is 6.71. The Labute approximate surface area is 191 Å². The summed E-state index contributed by atoms with van der Waals surface area (Å²) in [5.41, 5.74) is 0.896. The average Bonchev–Trinajstić information content (AvgIpc) is 3.17. The average molecular weight is 466 g/mol. The zero-order chi connectivity index (χ0) is 22.7. The van der Waals surface area contributed by atoms with Crippen LogP contribution in [0.5, 0.6) is 5.88 Å². The predicted molar refractivity (Wildman–Crippen MR) is 122 cm³/mol. The number of ether oxygens (including phenoxy) is 2. The molecule has 0 aromatic carbocycles. The number of halogens is 2. The summed E-state index contributed by atoms with van der Waals surface area (Å²) in [6.07, 6.45) is 2.60. The fourth-order valence-electron chi connectivity index (χ4n) is 4.00. The van der Waals surface area contributed by atoms with Gasteiger partial charge in [0.1, 0.15) is 17.0 Å². The van der Waals surface area contributed by atoms with E-state index >= 15 is 0 Å². The SMILES string of the molecule is CCOc1nc(N/C(C=N)=C(\Cl)NC2CCN(C3COC3)C[C@@H](F)C2C)nc2[nH]ccc12. The summed E-state index contributed by atoms with van der Waals surface area (Å²) in [7, 11) is 0. The zero-order valence-electron chi connectivity index (χ0n) is 18.2. The van der Waals surface area contributed by atoms with Crippen LogP contribution in [0.2, 0.25) is 0 Å². The van der Waals surface area contributed by atoms with Crippen molar-refractivity contribution in [3.8, 4) is 5.88 Å². The minimum Gasteiger partial charge on any atom is -0.477 e. The molecule has 174 valence electrons. The zero-order valence-corrected chi connectivity index (χ0v) is 19.0. The molecular formula is C21H29ClFN7O2. The van der Waals surface area contributed by atoms with Crippen molar-refractivity contribution in [1.82, 2.24) is 25.2 Å². The molecule has 2 saturated heterocycles. The number of alkyl halides is 1. The monoisotopic (exact) mass is 465 g/mol. The lowest BCUT2D eigenvalue weighted by Gasteiger charge is -2.37. The Bertz CT molecular complexity index is 980. The highest BCUT2D eigenvalue weighted by molar-refractivity contribution is 6.31. The van der Waals surface area contributed by atoms with Gasteiger partial charge < -0.3 is 30.5 Å². The van der Waals surface area contributed by atoms with Gasteiger partial charge >= 0.3 is 0 Å². The summed E-state index contributed by atoms with van der Waals surface area (Å²) >= 11 is 6.54. The number of anilines is 1. The maximum Gasteiger partial charge on any atom is 0.232 e. The molecule has 2 fully saturated rings. The van der Waals surface area contributed by atoms with E-state index in [1.165, 1.54) is 0 Å². The van der Waals surface area contributed by atoms with Crippen molar-refractivity contribution in [2.24, 2.45) is 5.92 Å². The Hall–Kier alpha value is -2.43. The fourth-order valence-corrected chi connectivity index (χ4v) is 4.24. The molecule has 2 unspecified atom stereocenters. The van der Waals surface area contributed by atoms with Crippen molar-refractivity contribution in [2.45, 2.75) is 38.5 Å². The van der Waals surface area contributed by atoms with Gasteiger partial charge in [-0.3, -0.25) is 4.90 Å². The third-order valence-electron chi connectivity index (χ3n) is 6.08. The number of allylic oxidation sites excluding steroid dienone is 1. The van der Waals surface area contributed by atoms with E-state index in [4.69, 9.17) is 26.5 Å². The summed E-state index contributed by atoms with van der Waals surface area (Å²) in [5.74, 6) is 0.445. The number of nitrogens with one attached hydrogen (secondary N) is 4. The van der Waals surface area contributed by atoms with Gasteiger partial charge in [-0.05, 0) is 19.4 Å².